The first kappa shape index (κ1) is 17.9. The Morgan fingerprint density at radius 2 is 1.70 bits per heavy atom. The first-order valence-electron chi connectivity index (χ1n) is 8.28. The zero-order valence-corrected chi connectivity index (χ0v) is 14.0. The number of sulfonamides is 1. The second-order valence-electron chi connectivity index (χ2n) is 6.02. The molecular formula is C15H32N2O2S. The van der Waals surface area contributed by atoms with E-state index in [0.29, 0.717) is 0 Å². The van der Waals surface area contributed by atoms with Crippen molar-refractivity contribution in [2.45, 2.75) is 71.3 Å². The third-order valence-corrected chi connectivity index (χ3v) is 5.73. The van der Waals surface area contributed by atoms with Crippen molar-refractivity contribution >= 4 is 10.0 Å². The summed E-state index contributed by atoms with van der Waals surface area (Å²) in [6.07, 6.45) is 8.39. The minimum atomic E-state index is -3.08. The van der Waals surface area contributed by atoms with E-state index in [4.69, 9.17) is 0 Å². The average Bonchev–Trinajstić information content (AvgIpc) is 2.43. The van der Waals surface area contributed by atoms with Crippen LogP contribution in [0.5, 0.6) is 0 Å². The summed E-state index contributed by atoms with van der Waals surface area (Å²) in [5.41, 5.74) is 0. The molecule has 1 rings (SSSR count). The van der Waals surface area contributed by atoms with E-state index in [1.54, 1.807) is 0 Å². The largest absolute Gasteiger partial charge is 0.317 e. The molecule has 0 spiro atoms. The molecule has 0 aromatic heterocycles. The number of rotatable bonds is 10. The summed E-state index contributed by atoms with van der Waals surface area (Å²) in [6, 6.07) is 0.181. The van der Waals surface area contributed by atoms with Crippen molar-refractivity contribution < 1.29 is 8.42 Å². The molecular weight excluding hydrogens is 272 g/mol. The van der Waals surface area contributed by atoms with Gasteiger partial charge in [0.2, 0.25) is 10.0 Å². The second-order valence-corrected chi connectivity index (χ2v) is 7.89. The van der Waals surface area contributed by atoms with E-state index in [9.17, 15) is 8.42 Å². The summed E-state index contributed by atoms with van der Waals surface area (Å²) in [7, 11) is -3.08. The molecule has 1 saturated carbocycles. The number of hydrogen-bond donors (Lipinski definition) is 2. The van der Waals surface area contributed by atoms with E-state index in [2.05, 4.69) is 23.9 Å². The standard InChI is InChI=1S/C15H32N2O2S/c1-3-11-16-12-5-6-13-20(18,19)17-15-9-7-14(4-2)8-10-15/h14-17H,3-13H2,1-2H3. The highest BCUT2D eigenvalue weighted by molar-refractivity contribution is 7.89. The lowest BCUT2D eigenvalue weighted by Gasteiger charge is -2.28. The lowest BCUT2D eigenvalue weighted by molar-refractivity contribution is 0.306. The van der Waals surface area contributed by atoms with Crippen LogP contribution in [0.15, 0.2) is 0 Å². The third kappa shape index (κ3) is 7.60. The van der Waals surface area contributed by atoms with Gasteiger partial charge in [-0.15, -0.1) is 0 Å². The molecule has 1 fully saturated rings. The van der Waals surface area contributed by atoms with Crippen LogP contribution in [0.25, 0.3) is 0 Å². The van der Waals surface area contributed by atoms with Gasteiger partial charge in [-0.05, 0) is 64.0 Å². The van der Waals surface area contributed by atoms with Crippen molar-refractivity contribution in [2.24, 2.45) is 5.92 Å². The number of unbranched alkanes of at least 4 members (excludes halogenated alkanes) is 1. The highest BCUT2D eigenvalue weighted by atomic mass is 32.2. The average molecular weight is 305 g/mol. The maximum Gasteiger partial charge on any atom is 0.211 e. The lowest BCUT2D eigenvalue weighted by Crippen LogP contribution is -2.38. The molecule has 0 radical (unpaired) electrons. The predicted octanol–water partition coefficient (Wildman–Crippen LogP) is 2.65. The van der Waals surface area contributed by atoms with E-state index < -0.39 is 10.0 Å². The highest BCUT2D eigenvalue weighted by Gasteiger charge is 2.23. The van der Waals surface area contributed by atoms with Crippen LogP contribution in [0, 0.1) is 5.92 Å². The molecule has 120 valence electrons. The van der Waals surface area contributed by atoms with E-state index in [1.165, 1.54) is 19.3 Å². The van der Waals surface area contributed by atoms with Crippen molar-refractivity contribution in [1.82, 2.24) is 10.0 Å². The van der Waals surface area contributed by atoms with Crippen LogP contribution in [0.1, 0.15) is 65.2 Å². The summed E-state index contributed by atoms with van der Waals surface area (Å²) < 4.78 is 26.9. The van der Waals surface area contributed by atoms with Gasteiger partial charge in [-0.1, -0.05) is 20.3 Å². The number of nitrogens with one attached hydrogen (secondary N) is 2. The summed E-state index contributed by atoms with van der Waals surface area (Å²) >= 11 is 0. The maximum absolute atomic E-state index is 12.0. The van der Waals surface area contributed by atoms with Gasteiger partial charge in [0.25, 0.3) is 0 Å². The van der Waals surface area contributed by atoms with Gasteiger partial charge in [-0.2, -0.15) is 0 Å². The fourth-order valence-electron chi connectivity index (χ4n) is 2.85. The molecule has 0 bridgehead atoms. The Labute approximate surface area is 125 Å². The van der Waals surface area contributed by atoms with Crippen LogP contribution in [-0.2, 0) is 10.0 Å². The quantitative estimate of drug-likeness (QED) is 0.610. The molecule has 0 saturated heterocycles. The second kappa shape index (κ2) is 9.74. The van der Waals surface area contributed by atoms with E-state index in [0.717, 1.165) is 51.1 Å². The molecule has 1 aliphatic carbocycles. The number of hydrogen-bond acceptors (Lipinski definition) is 3. The van der Waals surface area contributed by atoms with Gasteiger partial charge < -0.3 is 5.32 Å². The first-order chi connectivity index (χ1) is 9.57. The lowest BCUT2D eigenvalue weighted by atomic mass is 9.85. The Hall–Kier alpha value is -0.130. The van der Waals surface area contributed by atoms with Gasteiger partial charge in [-0.25, -0.2) is 13.1 Å². The molecule has 20 heavy (non-hydrogen) atoms. The minimum Gasteiger partial charge on any atom is -0.317 e. The molecule has 0 atom stereocenters. The predicted molar refractivity (Wildman–Crippen MR) is 85.4 cm³/mol. The normalized spacial score (nSPS) is 23.9. The fourth-order valence-corrected chi connectivity index (χ4v) is 4.29. The van der Waals surface area contributed by atoms with Gasteiger partial charge in [-0.3, -0.25) is 0 Å². The molecule has 0 aliphatic heterocycles. The first-order valence-corrected chi connectivity index (χ1v) is 9.93. The fraction of sp³-hybridized carbons (Fsp3) is 1.00. The topological polar surface area (TPSA) is 58.2 Å². The minimum absolute atomic E-state index is 0.181. The van der Waals surface area contributed by atoms with Gasteiger partial charge in [0.15, 0.2) is 0 Å². The monoisotopic (exact) mass is 304 g/mol. The molecule has 1 aliphatic rings. The van der Waals surface area contributed by atoms with Crippen LogP contribution in [0.2, 0.25) is 0 Å². The Kier molecular flexibility index (Phi) is 8.73. The molecule has 5 heteroatoms. The molecule has 4 nitrogen and oxygen atoms in total. The molecule has 0 heterocycles. The van der Waals surface area contributed by atoms with Crippen molar-refractivity contribution in [3.05, 3.63) is 0 Å². The van der Waals surface area contributed by atoms with Crippen LogP contribution < -0.4 is 10.0 Å². The zero-order valence-electron chi connectivity index (χ0n) is 13.2. The SMILES string of the molecule is CCCNCCCCS(=O)(=O)NC1CCC(CC)CC1. The summed E-state index contributed by atoms with van der Waals surface area (Å²) in [6.45, 7) is 6.30. The maximum atomic E-state index is 12.0. The summed E-state index contributed by atoms with van der Waals surface area (Å²) in [4.78, 5) is 0. The van der Waals surface area contributed by atoms with E-state index in [-0.39, 0.29) is 11.8 Å². The molecule has 0 amide bonds. The van der Waals surface area contributed by atoms with Crippen LogP contribution in [0.3, 0.4) is 0 Å². The van der Waals surface area contributed by atoms with Gasteiger partial charge in [0.05, 0.1) is 5.75 Å². The summed E-state index contributed by atoms with van der Waals surface area (Å²) in [5, 5.41) is 3.30. The van der Waals surface area contributed by atoms with Gasteiger partial charge in [0.1, 0.15) is 0 Å². The van der Waals surface area contributed by atoms with Crippen LogP contribution in [-0.4, -0.2) is 33.3 Å². The molecule has 2 N–H and O–H groups in total. The summed E-state index contributed by atoms with van der Waals surface area (Å²) in [5.74, 6) is 1.08. The smallest absolute Gasteiger partial charge is 0.211 e. The van der Waals surface area contributed by atoms with Crippen LogP contribution >= 0.6 is 0 Å². The van der Waals surface area contributed by atoms with Crippen LogP contribution in [0.4, 0.5) is 0 Å². The Morgan fingerprint density at radius 1 is 1.00 bits per heavy atom. The van der Waals surface area contributed by atoms with E-state index in [1.807, 2.05) is 0 Å². The molecule has 0 aromatic rings. The molecule has 0 unspecified atom stereocenters. The van der Waals surface area contributed by atoms with Gasteiger partial charge in [0, 0.05) is 6.04 Å². The Morgan fingerprint density at radius 3 is 2.30 bits per heavy atom. The van der Waals surface area contributed by atoms with Gasteiger partial charge >= 0.3 is 0 Å². The highest BCUT2D eigenvalue weighted by Crippen LogP contribution is 2.26. The Bertz CT molecular complexity index is 336. The molecule has 0 aromatic carbocycles. The van der Waals surface area contributed by atoms with Crippen molar-refractivity contribution in [1.29, 1.82) is 0 Å². The van der Waals surface area contributed by atoms with Crippen molar-refractivity contribution in [3.8, 4) is 0 Å². The zero-order chi connectivity index (χ0) is 14.8. The van der Waals surface area contributed by atoms with Crippen molar-refractivity contribution in [2.75, 3.05) is 18.8 Å². The Balaban J connectivity index is 2.15. The van der Waals surface area contributed by atoms with Crippen molar-refractivity contribution in [3.63, 3.8) is 0 Å². The van der Waals surface area contributed by atoms with E-state index >= 15 is 0 Å². The third-order valence-electron chi connectivity index (χ3n) is 4.21.